The van der Waals surface area contributed by atoms with Crippen LogP contribution in [0.4, 0.5) is 0 Å². The summed E-state index contributed by atoms with van der Waals surface area (Å²) in [5, 5.41) is 16.9. The molecular weight excluding hydrogens is 274 g/mol. The highest BCUT2D eigenvalue weighted by atomic mass is 16.5. The summed E-state index contributed by atoms with van der Waals surface area (Å²) in [4.78, 5) is 15.5. The maximum atomic E-state index is 11.3. The molecule has 114 valence electrons. The summed E-state index contributed by atoms with van der Waals surface area (Å²) < 4.78 is 8.76. The molecule has 2 heterocycles. The lowest BCUT2D eigenvalue weighted by Gasteiger charge is -2.09. The number of aromatic carboxylic acids is 1. The minimum absolute atomic E-state index is 0.104. The van der Waals surface area contributed by atoms with Crippen molar-refractivity contribution in [1.29, 1.82) is 0 Å². The maximum Gasteiger partial charge on any atom is 0.358 e. The lowest BCUT2D eigenvalue weighted by Crippen LogP contribution is -2.13. The molecule has 0 spiro atoms. The average Bonchev–Trinajstić information content (AvgIpc) is 3.00. The number of aromatic nitrogens is 5. The topological polar surface area (TPSA) is 95.1 Å². The molecule has 0 aliphatic carbocycles. The largest absolute Gasteiger partial charge is 0.476 e. The monoisotopic (exact) mass is 293 g/mol. The summed E-state index contributed by atoms with van der Waals surface area (Å²) in [6.07, 6.45) is 3.35. The molecule has 0 unspecified atom stereocenters. The zero-order chi connectivity index (χ0) is 15.4. The van der Waals surface area contributed by atoms with E-state index in [0.717, 1.165) is 0 Å². The van der Waals surface area contributed by atoms with E-state index >= 15 is 0 Å². The van der Waals surface area contributed by atoms with Gasteiger partial charge in [0.25, 0.3) is 0 Å². The van der Waals surface area contributed by atoms with Crippen LogP contribution in [0.5, 0.6) is 0 Å². The lowest BCUT2D eigenvalue weighted by atomic mass is 10.2. The summed E-state index contributed by atoms with van der Waals surface area (Å²) in [6.45, 7) is 5.65. The van der Waals surface area contributed by atoms with E-state index in [9.17, 15) is 9.90 Å². The summed E-state index contributed by atoms with van der Waals surface area (Å²) in [5.74, 6) is -0.159. The quantitative estimate of drug-likeness (QED) is 0.767. The van der Waals surface area contributed by atoms with Gasteiger partial charge in [-0.15, -0.1) is 5.10 Å². The van der Waals surface area contributed by atoms with Crippen LogP contribution in [0.15, 0.2) is 12.4 Å². The summed E-state index contributed by atoms with van der Waals surface area (Å²) in [5.41, 5.74) is 0.288. The van der Waals surface area contributed by atoms with Gasteiger partial charge in [0, 0.05) is 26.0 Å². The summed E-state index contributed by atoms with van der Waals surface area (Å²) in [7, 11) is 1.79. The van der Waals surface area contributed by atoms with E-state index in [-0.39, 0.29) is 5.69 Å². The van der Waals surface area contributed by atoms with Gasteiger partial charge in [-0.2, -0.15) is 0 Å². The fraction of sp³-hybridized carbons (Fsp3) is 0.538. The highest BCUT2D eigenvalue weighted by Gasteiger charge is 2.23. The second-order valence-electron chi connectivity index (χ2n) is 5.15. The number of hydrogen-bond donors (Lipinski definition) is 1. The number of carbonyl (C=O) groups is 1. The van der Waals surface area contributed by atoms with Gasteiger partial charge < -0.3 is 14.4 Å². The molecule has 0 aliphatic heterocycles. The Labute approximate surface area is 122 Å². The van der Waals surface area contributed by atoms with E-state index in [1.54, 1.807) is 24.0 Å². The Hall–Kier alpha value is -2.22. The van der Waals surface area contributed by atoms with Crippen molar-refractivity contribution in [2.45, 2.75) is 20.4 Å². The van der Waals surface area contributed by atoms with Crippen molar-refractivity contribution >= 4 is 5.97 Å². The minimum atomic E-state index is -1.12. The van der Waals surface area contributed by atoms with Crippen LogP contribution in [-0.4, -0.2) is 48.8 Å². The SMILES string of the molecule is CC(C)COCCn1nnc(C(=O)O)c1-c1nccn1C. The van der Waals surface area contributed by atoms with E-state index in [1.807, 2.05) is 0 Å². The number of carboxylic acid groups (broad SMARTS) is 1. The first-order chi connectivity index (χ1) is 10.0. The van der Waals surface area contributed by atoms with Crippen molar-refractivity contribution in [3.8, 4) is 11.5 Å². The number of aryl methyl sites for hydroxylation is 1. The third kappa shape index (κ3) is 3.46. The van der Waals surface area contributed by atoms with Crippen molar-refractivity contribution < 1.29 is 14.6 Å². The molecule has 8 heteroatoms. The van der Waals surface area contributed by atoms with Crippen LogP contribution in [-0.2, 0) is 18.3 Å². The van der Waals surface area contributed by atoms with Crippen molar-refractivity contribution in [1.82, 2.24) is 24.5 Å². The number of rotatable bonds is 7. The number of imidazole rings is 1. The highest BCUT2D eigenvalue weighted by molar-refractivity contribution is 5.91. The molecule has 2 aromatic rings. The maximum absolute atomic E-state index is 11.3. The second kappa shape index (κ2) is 6.49. The molecular formula is C13H19N5O3. The molecule has 1 N–H and O–H groups in total. The number of nitrogens with zero attached hydrogens (tertiary/aromatic N) is 5. The number of ether oxygens (including phenoxy) is 1. The van der Waals surface area contributed by atoms with E-state index < -0.39 is 5.97 Å². The molecule has 2 rings (SSSR count). The molecule has 21 heavy (non-hydrogen) atoms. The van der Waals surface area contributed by atoms with Gasteiger partial charge in [-0.05, 0) is 5.92 Å². The Morgan fingerprint density at radius 2 is 2.24 bits per heavy atom. The van der Waals surface area contributed by atoms with Crippen LogP contribution in [0.2, 0.25) is 0 Å². The molecule has 8 nitrogen and oxygen atoms in total. The van der Waals surface area contributed by atoms with E-state index in [4.69, 9.17) is 4.74 Å². The Bertz CT molecular complexity index is 617. The van der Waals surface area contributed by atoms with Crippen LogP contribution in [0, 0.1) is 5.92 Å². The molecule has 0 fully saturated rings. The van der Waals surface area contributed by atoms with Crippen LogP contribution >= 0.6 is 0 Å². The molecule has 0 aliphatic rings. The molecule has 0 amide bonds. The highest BCUT2D eigenvalue weighted by Crippen LogP contribution is 2.20. The van der Waals surface area contributed by atoms with Crippen molar-refractivity contribution in [2.24, 2.45) is 13.0 Å². The van der Waals surface area contributed by atoms with Gasteiger partial charge in [-0.25, -0.2) is 14.5 Å². The fourth-order valence-electron chi connectivity index (χ4n) is 1.90. The van der Waals surface area contributed by atoms with Crippen LogP contribution in [0.25, 0.3) is 11.5 Å². The van der Waals surface area contributed by atoms with Crippen LogP contribution in [0.3, 0.4) is 0 Å². The van der Waals surface area contributed by atoms with Gasteiger partial charge >= 0.3 is 5.97 Å². The predicted octanol–water partition coefficient (Wildman–Crippen LogP) is 1.05. The Balaban J connectivity index is 2.22. The van der Waals surface area contributed by atoms with Gasteiger partial charge in [-0.3, -0.25) is 0 Å². The molecule has 0 saturated carbocycles. The Morgan fingerprint density at radius 3 is 2.81 bits per heavy atom. The normalized spacial score (nSPS) is 11.2. The molecule has 0 saturated heterocycles. The van der Waals surface area contributed by atoms with Crippen LogP contribution in [0.1, 0.15) is 24.3 Å². The van der Waals surface area contributed by atoms with Crippen molar-refractivity contribution in [3.63, 3.8) is 0 Å². The number of hydrogen-bond acceptors (Lipinski definition) is 5. The third-order valence-corrected chi connectivity index (χ3v) is 2.87. The van der Waals surface area contributed by atoms with Gasteiger partial charge in [0.1, 0.15) is 5.69 Å². The van der Waals surface area contributed by atoms with Gasteiger partial charge in [0.2, 0.25) is 5.69 Å². The third-order valence-electron chi connectivity index (χ3n) is 2.87. The van der Waals surface area contributed by atoms with Crippen molar-refractivity contribution in [3.05, 3.63) is 18.1 Å². The number of carboxylic acids is 1. The molecule has 0 bridgehead atoms. The minimum Gasteiger partial charge on any atom is -0.476 e. The van der Waals surface area contributed by atoms with E-state index in [0.29, 0.717) is 37.2 Å². The smallest absolute Gasteiger partial charge is 0.358 e. The van der Waals surface area contributed by atoms with Crippen molar-refractivity contribution in [2.75, 3.05) is 13.2 Å². The van der Waals surface area contributed by atoms with Gasteiger partial charge in [-0.1, -0.05) is 19.1 Å². The van der Waals surface area contributed by atoms with Gasteiger partial charge in [0.05, 0.1) is 13.2 Å². The lowest BCUT2D eigenvalue weighted by molar-refractivity contribution is 0.0691. The first-order valence-electron chi connectivity index (χ1n) is 6.73. The van der Waals surface area contributed by atoms with E-state index in [2.05, 4.69) is 29.1 Å². The first-order valence-corrected chi connectivity index (χ1v) is 6.73. The van der Waals surface area contributed by atoms with Crippen LogP contribution < -0.4 is 0 Å². The summed E-state index contributed by atoms with van der Waals surface area (Å²) >= 11 is 0. The Morgan fingerprint density at radius 1 is 1.48 bits per heavy atom. The average molecular weight is 293 g/mol. The zero-order valence-electron chi connectivity index (χ0n) is 12.4. The fourth-order valence-corrected chi connectivity index (χ4v) is 1.90. The standard InChI is InChI=1S/C13H19N5O3/c1-9(2)8-21-7-6-18-11(10(13(19)20)15-16-18)12-14-4-5-17(12)3/h4-5,9H,6-8H2,1-3H3,(H,19,20). The predicted molar refractivity (Wildman–Crippen MR) is 74.8 cm³/mol. The van der Waals surface area contributed by atoms with E-state index in [1.165, 1.54) is 4.68 Å². The Kier molecular flexibility index (Phi) is 4.69. The molecule has 0 aromatic carbocycles. The molecule has 2 aromatic heterocycles. The molecule has 0 radical (unpaired) electrons. The summed E-state index contributed by atoms with van der Waals surface area (Å²) in [6, 6.07) is 0. The second-order valence-corrected chi connectivity index (χ2v) is 5.15. The molecule has 0 atom stereocenters. The van der Waals surface area contributed by atoms with Gasteiger partial charge in [0.15, 0.2) is 5.82 Å². The zero-order valence-corrected chi connectivity index (χ0v) is 12.4. The first kappa shape index (κ1) is 15.2.